The predicted molar refractivity (Wildman–Crippen MR) is 49.9 cm³/mol. The lowest BCUT2D eigenvalue weighted by Gasteiger charge is -2.20. The quantitative estimate of drug-likeness (QED) is 0.354. The van der Waals surface area contributed by atoms with Crippen LogP contribution in [0.2, 0.25) is 0 Å². The molecule has 0 fully saturated rings. The van der Waals surface area contributed by atoms with Crippen molar-refractivity contribution in [1.29, 1.82) is 0 Å². The van der Waals surface area contributed by atoms with Crippen molar-refractivity contribution in [2.45, 2.75) is 16.7 Å². The van der Waals surface area contributed by atoms with Gasteiger partial charge in [-0.3, -0.25) is 4.79 Å². The van der Waals surface area contributed by atoms with Crippen molar-refractivity contribution in [3.8, 4) is 0 Å². The molecule has 6 heteroatoms. The summed E-state index contributed by atoms with van der Waals surface area (Å²) < 4.78 is -0.235. The maximum absolute atomic E-state index is 10.3. The van der Waals surface area contributed by atoms with Crippen molar-refractivity contribution < 1.29 is 9.90 Å². The molecule has 4 nitrogen and oxygen atoms in total. The molecule has 3 atom stereocenters. The van der Waals surface area contributed by atoms with Gasteiger partial charge in [0.15, 0.2) is 0 Å². The predicted octanol–water partition coefficient (Wildman–Crippen LogP) is -0.656. The third kappa shape index (κ3) is 3.33. The summed E-state index contributed by atoms with van der Waals surface area (Å²) in [6, 6.07) is -1.66. The lowest BCUT2D eigenvalue weighted by atomic mass is 10.2. The van der Waals surface area contributed by atoms with E-state index in [9.17, 15) is 4.79 Å². The highest BCUT2D eigenvalue weighted by Gasteiger charge is 2.25. The molecule has 3 unspecified atom stereocenters. The van der Waals surface area contributed by atoms with Gasteiger partial charge in [0.05, 0.1) is 10.6 Å². The first-order chi connectivity index (χ1) is 5.00. The fourth-order valence-electron chi connectivity index (χ4n) is 0.499. The standard InChI is InChI=1S/C5H12N2O2S2/c1-11-5(10)3(7)2(6)4(8)9/h2-3,5,10H,6-7H2,1H3,(H,8,9). The summed E-state index contributed by atoms with van der Waals surface area (Å²) in [5.74, 6) is -1.09. The van der Waals surface area contributed by atoms with Gasteiger partial charge in [0.1, 0.15) is 6.04 Å². The Hall–Kier alpha value is 0.0900. The third-order valence-electron chi connectivity index (χ3n) is 1.27. The van der Waals surface area contributed by atoms with E-state index in [1.165, 1.54) is 11.8 Å². The fraction of sp³-hybridized carbons (Fsp3) is 0.800. The molecule has 0 bridgehead atoms. The highest BCUT2D eigenvalue weighted by Crippen LogP contribution is 2.15. The van der Waals surface area contributed by atoms with Crippen LogP contribution in [0.1, 0.15) is 0 Å². The van der Waals surface area contributed by atoms with E-state index < -0.39 is 18.1 Å². The van der Waals surface area contributed by atoms with Crippen molar-refractivity contribution in [1.82, 2.24) is 0 Å². The Morgan fingerprint density at radius 1 is 1.64 bits per heavy atom. The zero-order valence-electron chi connectivity index (χ0n) is 6.10. The third-order valence-corrected chi connectivity index (χ3v) is 3.04. The van der Waals surface area contributed by atoms with Gasteiger partial charge in [-0.1, -0.05) is 0 Å². The van der Waals surface area contributed by atoms with Crippen LogP contribution in [0.3, 0.4) is 0 Å². The molecule has 0 saturated carbocycles. The van der Waals surface area contributed by atoms with Gasteiger partial charge in [0.25, 0.3) is 0 Å². The minimum atomic E-state index is -1.09. The van der Waals surface area contributed by atoms with Crippen molar-refractivity contribution in [3.05, 3.63) is 0 Å². The summed E-state index contributed by atoms with van der Waals surface area (Å²) in [7, 11) is 0. The molecule has 0 saturated heterocycles. The topological polar surface area (TPSA) is 89.3 Å². The zero-order valence-corrected chi connectivity index (χ0v) is 7.81. The number of hydrogen-bond donors (Lipinski definition) is 4. The monoisotopic (exact) mass is 196 g/mol. The maximum Gasteiger partial charge on any atom is 0.322 e. The number of rotatable bonds is 4. The number of carbonyl (C=O) groups is 1. The van der Waals surface area contributed by atoms with E-state index in [-0.39, 0.29) is 4.58 Å². The van der Waals surface area contributed by atoms with Gasteiger partial charge in [-0.25, -0.2) is 0 Å². The van der Waals surface area contributed by atoms with Gasteiger partial charge in [-0.05, 0) is 6.26 Å². The lowest BCUT2D eigenvalue weighted by molar-refractivity contribution is -0.138. The van der Waals surface area contributed by atoms with Crippen LogP contribution in [0, 0.1) is 0 Å². The number of carboxylic acids is 1. The minimum Gasteiger partial charge on any atom is -0.480 e. The van der Waals surface area contributed by atoms with Gasteiger partial charge in [-0.2, -0.15) is 12.6 Å². The Bertz CT molecular complexity index is 144. The molecular formula is C5H12N2O2S2. The molecule has 11 heavy (non-hydrogen) atoms. The average Bonchev–Trinajstić information content (AvgIpc) is 2.00. The number of aliphatic carboxylic acids is 1. The molecule has 0 aliphatic rings. The van der Waals surface area contributed by atoms with E-state index >= 15 is 0 Å². The second-order valence-corrected chi connectivity index (χ2v) is 3.95. The van der Waals surface area contributed by atoms with Crippen LogP contribution < -0.4 is 11.5 Å². The van der Waals surface area contributed by atoms with Crippen molar-refractivity contribution >= 4 is 30.4 Å². The normalized spacial score (nSPS) is 18.9. The van der Waals surface area contributed by atoms with E-state index in [1.54, 1.807) is 6.26 Å². The van der Waals surface area contributed by atoms with E-state index in [4.69, 9.17) is 16.6 Å². The Morgan fingerprint density at radius 3 is 2.36 bits per heavy atom. The lowest BCUT2D eigenvalue weighted by Crippen LogP contribution is -2.51. The van der Waals surface area contributed by atoms with Gasteiger partial charge in [0, 0.05) is 0 Å². The smallest absolute Gasteiger partial charge is 0.322 e. The fourth-order valence-corrected chi connectivity index (χ4v) is 1.17. The Kier molecular flexibility index (Phi) is 4.91. The molecule has 0 spiro atoms. The van der Waals surface area contributed by atoms with E-state index in [2.05, 4.69) is 12.6 Å². The number of hydrogen-bond acceptors (Lipinski definition) is 5. The molecule has 0 heterocycles. The SMILES string of the molecule is CSC(S)C(N)C(N)C(=O)O. The van der Waals surface area contributed by atoms with Crippen LogP contribution in [-0.2, 0) is 4.79 Å². The van der Waals surface area contributed by atoms with Crippen molar-refractivity contribution in [2.75, 3.05) is 6.26 Å². The highest BCUT2D eigenvalue weighted by molar-refractivity contribution is 8.09. The first-order valence-corrected chi connectivity index (χ1v) is 4.76. The Labute approximate surface area is 75.1 Å². The number of thiol groups is 1. The maximum atomic E-state index is 10.3. The molecular weight excluding hydrogens is 184 g/mol. The number of thioether (sulfide) groups is 1. The van der Waals surface area contributed by atoms with Crippen LogP contribution in [0.15, 0.2) is 0 Å². The van der Waals surface area contributed by atoms with Gasteiger partial charge in [0.2, 0.25) is 0 Å². The largest absolute Gasteiger partial charge is 0.480 e. The Morgan fingerprint density at radius 2 is 2.09 bits per heavy atom. The summed E-state index contributed by atoms with van der Waals surface area (Å²) in [5.41, 5.74) is 10.7. The first-order valence-electron chi connectivity index (χ1n) is 2.95. The molecule has 0 aliphatic carbocycles. The first kappa shape index (κ1) is 11.1. The van der Waals surface area contributed by atoms with E-state index in [0.29, 0.717) is 0 Å². The molecule has 0 aromatic carbocycles. The van der Waals surface area contributed by atoms with Gasteiger partial charge < -0.3 is 16.6 Å². The second kappa shape index (κ2) is 4.87. The molecule has 0 aromatic heterocycles. The number of carboxylic acid groups (broad SMARTS) is 1. The highest BCUT2D eigenvalue weighted by atomic mass is 32.2. The molecule has 0 rings (SSSR count). The van der Waals surface area contributed by atoms with Crippen molar-refractivity contribution in [3.63, 3.8) is 0 Å². The molecule has 66 valence electrons. The van der Waals surface area contributed by atoms with E-state index in [1.807, 2.05) is 0 Å². The molecule has 0 amide bonds. The van der Waals surface area contributed by atoms with Crippen LogP contribution in [0.25, 0.3) is 0 Å². The van der Waals surface area contributed by atoms with E-state index in [0.717, 1.165) is 0 Å². The summed E-state index contributed by atoms with van der Waals surface area (Å²) in [6.45, 7) is 0. The van der Waals surface area contributed by atoms with Crippen LogP contribution in [-0.4, -0.2) is 34.0 Å². The van der Waals surface area contributed by atoms with Crippen LogP contribution >= 0.6 is 24.4 Å². The Balaban J connectivity index is 4.00. The van der Waals surface area contributed by atoms with Crippen LogP contribution in [0.4, 0.5) is 0 Å². The summed E-state index contributed by atoms with van der Waals surface area (Å²) in [5, 5.41) is 8.45. The number of nitrogens with two attached hydrogens (primary N) is 2. The van der Waals surface area contributed by atoms with Crippen LogP contribution in [0.5, 0.6) is 0 Å². The molecule has 5 N–H and O–H groups in total. The summed E-state index contributed by atoms with van der Waals surface area (Å²) in [4.78, 5) is 10.3. The average molecular weight is 196 g/mol. The second-order valence-electron chi connectivity index (χ2n) is 2.07. The minimum absolute atomic E-state index is 0.235. The zero-order chi connectivity index (χ0) is 9.02. The summed E-state index contributed by atoms with van der Waals surface area (Å²) >= 11 is 5.43. The molecule has 0 aliphatic heterocycles. The molecule has 0 aromatic rings. The van der Waals surface area contributed by atoms with Gasteiger partial charge in [-0.15, -0.1) is 11.8 Å². The van der Waals surface area contributed by atoms with Crippen molar-refractivity contribution in [2.24, 2.45) is 11.5 Å². The molecule has 0 radical (unpaired) electrons. The van der Waals surface area contributed by atoms with Gasteiger partial charge >= 0.3 is 5.97 Å². The summed E-state index contributed by atoms with van der Waals surface area (Å²) in [6.07, 6.45) is 1.80.